The highest BCUT2D eigenvalue weighted by Crippen LogP contribution is 2.28. The Morgan fingerprint density at radius 3 is 2.80 bits per heavy atom. The Labute approximate surface area is 96.3 Å². The topological polar surface area (TPSA) is 46.3 Å². The summed E-state index contributed by atoms with van der Waals surface area (Å²) < 4.78 is 5.05. The highest BCUT2D eigenvalue weighted by atomic mass is 35.5. The third kappa shape index (κ3) is 2.15. The number of nitrogens with zero attached hydrogens (tertiary/aromatic N) is 1. The van der Waals surface area contributed by atoms with Crippen LogP contribution in [0.1, 0.15) is 17.6 Å². The first-order valence-electron chi connectivity index (χ1n) is 4.21. The molecule has 2 rings (SSSR count). The highest BCUT2D eigenvalue weighted by Gasteiger charge is 2.17. The summed E-state index contributed by atoms with van der Waals surface area (Å²) in [7, 11) is 0. The molecule has 0 amide bonds. The molecule has 2 aromatic heterocycles. The van der Waals surface area contributed by atoms with Crippen molar-refractivity contribution in [1.29, 1.82) is 0 Å². The Morgan fingerprint density at radius 2 is 2.20 bits per heavy atom. The number of aliphatic hydroxyl groups excluding tert-OH is 1. The van der Waals surface area contributed by atoms with Gasteiger partial charge in [0, 0.05) is 6.20 Å². The first kappa shape index (κ1) is 10.5. The number of furan rings is 1. The molecule has 2 heterocycles. The van der Waals surface area contributed by atoms with Crippen LogP contribution in [0.3, 0.4) is 0 Å². The zero-order chi connectivity index (χ0) is 10.8. The molecule has 0 aliphatic rings. The van der Waals surface area contributed by atoms with Crippen LogP contribution < -0.4 is 0 Å². The van der Waals surface area contributed by atoms with Crippen molar-refractivity contribution in [3.05, 3.63) is 52.2 Å². The van der Waals surface area contributed by atoms with Gasteiger partial charge in [-0.3, -0.25) is 4.98 Å². The maximum Gasteiger partial charge on any atom is 0.155 e. The smallest absolute Gasteiger partial charge is 0.155 e. The Morgan fingerprint density at radius 1 is 1.40 bits per heavy atom. The standard InChI is InChI=1S/C10H7Cl2NO2/c11-6-4-7(12)9(13-5-6)10(14)8-2-1-3-15-8/h1-5,10,14H. The molecule has 5 heteroatoms. The van der Waals surface area contributed by atoms with Crippen molar-refractivity contribution >= 4 is 23.2 Å². The largest absolute Gasteiger partial charge is 0.466 e. The number of hydrogen-bond donors (Lipinski definition) is 1. The molecule has 15 heavy (non-hydrogen) atoms. The minimum absolute atomic E-state index is 0.311. The molecule has 0 radical (unpaired) electrons. The summed E-state index contributed by atoms with van der Waals surface area (Å²) in [6, 6.07) is 4.86. The third-order valence-corrected chi connectivity index (χ3v) is 2.42. The van der Waals surface area contributed by atoms with E-state index in [-0.39, 0.29) is 0 Å². The fraction of sp³-hybridized carbons (Fsp3) is 0.100. The molecular weight excluding hydrogens is 237 g/mol. The molecule has 0 aliphatic heterocycles. The van der Waals surface area contributed by atoms with Gasteiger partial charge in [0.15, 0.2) is 6.10 Å². The molecule has 78 valence electrons. The molecule has 0 saturated heterocycles. The molecule has 0 saturated carbocycles. The van der Waals surface area contributed by atoms with E-state index in [1.54, 1.807) is 12.1 Å². The Balaban J connectivity index is 2.38. The minimum Gasteiger partial charge on any atom is -0.466 e. The monoisotopic (exact) mass is 243 g/mol. The average Bonchev–Trinajstić information content (AvgIpc) is 2.69. The van der Waals surface area contributed by atoms with Gasteiger partial charge in [0.2, 0.25) is 0 Å². The fourth-order valence-corrected chi connectivity index (χ4v) is 1.69. The minimum atomic E-state index is -0.968. The van der Waals surface area contributed by atoms with Crippen LogP contribution in [0.5, 0.6) is 0 Å². The number of aliphatic hydroxyl groups is 1. The van der Waals surface area contributed by atoms with Gasteiger partial charge in [0.25, 0.3) is 0 Å². The zero-order valence-electron chi connectivity index (χ0n) is 7.52. The second-order valence-corrected chi connectivity index (χ2v) is 3.78. The molecule has 0 spiro atoms. The molecule has 0 bridgehead atoms. The van der Waals surface area contributed by atoms with Crippen molar-refractivity contribution in [3.63, 3.8) is 0 Å². The Bertz CT molecular complexity index is 456. The predicted molar refractivity (Wildman–Crippen MR) is 57.0 cm³/mol. The number of halogens is 2. The summed E-state index contributed by atoms with van der Waals surface area (Å²) in [5, 5.41) is 10.6. The van der Waals surface area contributed by atoms with E-state index in [2.05, 4.69) is 4.98 Å². The summed E-state index contributed by atoms with van der Waals surface area (Å²) >= 11 is 11.6. The maximum absolute atomic E-state index is 9.87. The highest BCUT2D eigenvalue weighted by molar-refractivity contribution is 6.34. The van der Waals surface area contributed by atoms with Crippen molar-refractivity contribution in [2.45, 2.75) is 6.10 Å². The molecule has 2 aromatic rings. The number of hydrogen-bond acceptors (Lipinski definition) is 3. The average molecular weight is 244 g/mol. The fourth-order valence-electron chi connectivity index (χ4n) is 1.21. The van der Waals surface area contributed by atoms with Crippen LogP contribution in [0.4, 0.5) is 0 Å². The maximum atomic E-state index is 9.87. The lowest BCUT2D eigenvalue weighted by Gasteiger charge is -2.08. The summed E-state index contributed by atoms with van der Waals surface area (Å²) in [6.45, 7) is 0. The quantitative estimate of drug-likeness (QED) is 0.882. The lowest BCUT2D eigenvalue weighted by atomic mass is 10.2. The molecule has 0 aromatic carbocycles. The molecule has 3 nitrogen and oxygen atoms in total. The number of aromatic nitrogens is 1. The van der Waals surface area contributed by atoms with Gasteiger partial charge in [-0.25, -0.2) is 0 Å². The zero-order valence-corrected chi connectivity index (χ0v) is 9.03. The summed E-state index contributed by atoms with van der Waals surface area (Å²) in [5.74, 6) is 0.395. The van der Waals surface area contributed by atoms with Crippen molar-refractivity contribution in [2.75, 3.05) is 0 Å². The SMILES string of the molecule is OC(c1ccco1)c1ncc(Cl)cc1Cl. The van der Waals surface area contributed by atoms with Gasteiger partial charge in [0.05, 0.1) is 22.0 Å². The lowest BCUT2D eigenvalue weighted by molar-refractivity contribution is 0.185. The van der Waals surface area contributed by atoms with E-state index in [0.29, 0.717) is 21.5 Å². The van der Waals surface area contributed by atoms with Crippen LogP contribution in [0.15, 0.2) is 35.1 Å². The van der Waals surface area contributed by atoms with Gasteiger partial charge < -0.3 is 9.52 Å². The summed E-state index contributed by atoms with van der Waals surface area (Å²) in [6.07, 6.45) is 1.93. The molecule has 0 aliphatic carbocycles. The predicted octanol–water partition coefficient (Wildman–Crippen LogP) is 3.06. The molecule has 1 atom stereocenters. The van der Waals surface area contributed by atoms with Crippen molar-refractivity contribution in [2.24, 2.45) is 0 Å². The van der Waals surface area contributed by atoms with E-state index < -0.39 is 6.10 Å². The normalized spacial score (nSPS) is 12.7. The number of rotatable bonds is 2. The van der Waals surface area contributed by atoms with Crippen LogP contribution in [-0.2, 0) is 0 Å². The summed E-state index contributed by atoms with van der Waals surface area (Å²) in [4.78, 5) is 3.96. The molecule has 0 fully saturated rings. The van der Waals surface area contributed by atoms with E-state index in [9.17, 15) is 5.11 Å². The van der Waals surface area contributed by atoms with Gasteiger partial charge in [-0.2, -0.15) is 0 Å². The van der Waals surface area contributed by atoms with Crippen LogP contribution in [0.25, 0.3) is 0 Å². The van der Waals surface area contributed by atoms with E-state index in [1.165, 1.54) is 18.5 Å². The first-order chi connectivity index (χ1) is 7.18. The van der Waals surface area contributed by atoms with Crippen molar-refractivity contribution in [1.82, 2.24) is 4.98 Å². The lowest BCUT2D eigenvalue weighted by Crippen LogP contribution is -2.01. The van der Waals surface area contributed by atoms with Crippen molar-refractivity contribution < 1.29 is 9.52 Å². The van der Waals surface area contributed by atoms with Crippen molar-refractivity contribution in [3.8, 4) is 0 Å². The van der Waals surface area contributed by atoms with Crippen LogP contribution in [-0.4, -0.2) is 10.1 Å². The molecule has 1 unspecified atom stereocenters. The van der Waals surface area contributed by atoms with Crippen LogP contribution in [0, 0.1) is 0 Å². The van der Waals surface area contributed by atoms with Crippen LogP contribution >= 0.6 is 23.2 Å². The van der Waals surface area contributed by atoms with Crippen LogP contribution in [0.2, 0.25) is 10.0 Å². The van der Waals surface area contributed by atoms with Gasteiger partial charge in [-0.05, 0) is 18.2 Å². The van der Waals surface area contributed by atoms with Gasteiger partial charge in [-0.15, -0.1) is 0 Å². The van der Waals surface area contributed by atoms with E-state index in [4.69, 9.17) is 27.6 Å². The van der Waals surface area contributed by atoms with E-state index >= 15 is 0 Å². The Hall–Kier alpha value is -1.03. The second-order valence-electron chi connectivity index (χ2n) is 2.94. The van der Waals surface area contributed by atoms with Gasteiger partial charge >= 0.3 is 0 Å². The van der Waals surface area contributed by atoms with Gasteiger partial charge in [-0.1, -0.05) is 23.2 Å². The third-order valence-electron chi connectivity index (χ3n) is 1.91. The van der Waals surface area contributed by atoms with E-state index in [1.807, 2.05) is 0 Å². The molecule has 1 N–H and O–H groups in total. The van der Waals surface area contributed by atoms with E-state index in [0.717, 1.165) is 0 Å². The summed E-state index contributed by atoms with van der Waals surface area (Å²) in [5.41, 5.74) is 0.330. The molecular formula is C10H7Cl2NO2. The van der Waals surface area contributed by atoms with Gasteiger partial charge in [0.1, 0.15) is 5.76 Å². The second kappa shape index (κ2) is 4.23. The number of pyridine rings is 1. The Kier molecular flexibility index (Phi) is 2.95. The first-order valence-corrected chi connectivity index (χ1v) is 4.96.